The van der Waals surface area contributed by atoms with Crippen molar-refractivity contribution in [1.82, 2.24) is 5.32 Å². The summed E-state index contributed by atoms with van der Waals surface area (Å²) in [5.74, 6) is -1.26. The molecule has 24 heavy (non-hydrogen) atoms. The van der Waals surface area contributed by atoms with Crippen molar-refractivity contribution in [2.75, 3.05) is 0 Å². The Kier molecular flexibility index (Phi) is 4.43. The maximum atomic E-state index is 13.2. The van der Waals surface area contributed by atoms with Gasteiger partial charge in [-0.2, -0.15) is 0 Å². The molecule has 0 saturated carbocycles. The van der Waals surface area contributed by atoms with E-state index < -0.39 is 11.8 Å². The molecular weight excluding hydrogens is 331 g/mol. The normalized spacial score (nSPS) is 15.5. The van der Waals surface area contributed by atoms with E-state index in [2.05, 4.69) is 5.32 Å². The van der Waals surface area contributed by atoms with Gasteiger partial charge < -0.3 is 10.1 Å². The van der Waals surface area contributed by atoms with E-state index in [1.54, 1.807) is 30.3 Å². The van der Waals surface area contributed by atoms with Crippen molar-refractivity contribution in [2.24, 2.45) is 0 Å². The van der Waals surface area contributed by atoms with E-state index in [4.69, 9.17) is 10.1 Å². The molecule has 5 nitrogen and oxygen atoms in total. The second-order valence-corrected chi connectivity index (χ2v) is 5.92. The first kappa shape index (κ1) is 15.9. The molecule has 7 heteroatoms. The third kappa shape index (κ3) is 3.69. The maximum absolute atomic E-state index is 13.2. The van der Waals surface area contributed by atoms with E-state index in [-0.39, 0.29) is 22.4 Å². The fourth-order valence-corrected chi connectivity index (χ4v) is 2.74. The third-order valence-corrected chi connectivity index (χ3v) is 3.92. The predicted molar refractivity (Wildman–Crippen MR) is 89.2 cm³/mol. The third-order valence-electron chi connectivity index (χ3n) is 3.09. The van der Waals surface area contributed by atoms with Crippen LogP contribution in [0.25, 0.3) is 6.08 Å². The summed E-state index contributed by atoms with van der Waals surface area (Å²) in [6, 6.07) is 11.8. The Morgan fingerprint density at radius 1 is 1.21 bits per heavy atom. The van der Waals surface area contributed by atoms with Crippen LogP contribution in [0.5, 0.6) is 5.75 Å². The second kappa shape index (κ2) is 6.67. The van der Waals surface area contributed by atoms with Crippen LogP contribution >= 0.6 is 11.8 Å². The molecule has 0 aromatic heterocycles. The lowest BCUT2D eigenvalue weighted by Crippen LogP contribution is -2.18. The smallest absolute Gasteiger partial charge is 0.343 e. The highest BCUT2D eigenvalue weighted by Crippen LogP contribution is 2.26. The Labute approximate surface area is 141 Å². The van der Waals surface area contributed by atoms with Crippen LogP contribution in [0, 0.1) is 11.2 Å². The molecule has 120 valence electrons. The van der Waals surface area contributed by atoms with Crippen LogP contribution in [0.15, 0.2) is 53.4 Å². The van der Waals surface area contributed by atoms with E-state index in [0.717, 1.165) is 17.8 Å². The van der Waals surface area contributed by atoms with Gasteiger partial charge in [0.15, 0.2) is 5.17 Å². The van der Waals surface area contributed by atoms with Gasteiger partial charge in [0.25, 0.3) is 5.91 Å². The molecule has 1 aliphatic heterocycles. The van der Waals surface area contributed by atoms with Gasteiger partial charge >= 0.3 is 5.97 Å². The van der Waals surface area contributed by atoms with Gasteiger partial charge in [0.2, 0.25) is 0 Å². The molecule has 0 aliphatic carbocycles. The van der Waals surface area contributed by atoms with Crippen LogP contribution in [0.3, 0.4) is 0 Å². The SMILES string of the molecule is N=C1NC(=O)/C(=C/c2cccc(OC(=O)c3cccc(F)c3)c2)S1. The number of hydrogen-bond donors (Lipinski definition) is 2. The van der Waals surface area contributed by atoms with Gasteiger partial charge in [-0.05, 0) is 53.7 Å². The summed E-state index contributed by atoms with van der Waals surface area (Å²) in [6.07, 6.45) is 1.60. The number of hydrogen-bond acceptors (Lipinski definition) is 5. The molecule has 1 amide bonds. The molecule has 2 aromatic rings. The zero-order valence-corrected chi connectivity index (χ0v) is 13.0. The maximum Gasteiger partial charge on any atom is 0.343 e. The highest BCUT2D eigenvalue weighted by atomic mass is 32.2. The first-order valence-corrected chi connectivity index (χ1v) is 7.70. The topological polar surface area (TPSA) is 79.2 Å². The largest absolute Gasteiger partial charge is 0.423 e. The second-order valence-electron chi connectivity index (χ2n) is 4.87. The summed E-state index contributed by atoms with van der Waals surface area (Å²) in [4.78, 5) is 24.0. The van der Waals surface area contributed by atoms with Crippen LogP contribution in [0.4, 0.5) is 4.39 Å². The number of nitrogens with one attached hydrogen (secondary N) is 2. The highest BCUT2D eigenvalue weighted by Gasteiger charge is 2.22. The average Bonchev–Trinajstić information content (AvgIpc) is 2.85. The highest BCUT2D eigenvalue weighted by molar-refractivity contribution is 8.18. The number of amidine groups is 1. The molecule has 0 radical (unpaired) electrons. The monoisotopic (exact) mass is 342 g/mol. The van der Waals surface area contributed by atoms with Crippen molar-refractivity contribution in [1.29, 1.82) is 5.41 Å². The Balaban J connectivity index is 1.78. The van der Waals surface area contributed by atoms with Crippen molar-refractivity contribution in [3.05, 3.63) is 70.4 Å². The number of esters is 1. The van der Waals surface area contributed by atoms with Crippen LogP contribution < -0.4 is 10.1 Å². The zero-order chi connectivity index (χ0) is 17.1. The average molecular weight is 342 g/mol. The molecule has 1 fully saturated rings. The Bertz CT molecular complexity index is 880. The van der Waals surface area contributed by atoms with Gasteiger partial charge in [-0.3, -0.25) is 10.2 Å². The molecule has 1 heterocycles. The lowest BCUT2D eigenvalue weighted by molar-refractivity contribution is -0.115. The summed E-state index contributed by atoms with van der Waals surface area (Å²) in [5.41, 5.74) is 0.754. The molecule has 2 N–H and O–H groups in total. The molecule has 0 unspecified atom stereocenters. The molecule has 0 bridgehead atoms. The number of carbonyl (C=O) groups excluding carboxylic acids is 2. The van der Waals surface area contributed by atoms with Crippen molar-refractivity contribution >= 4 is 34.9 Å². The molecule has 3 rings (SSSR count). The predicted octanol–water partition coefficient (Wildman–Crippen LogP) is 3.18. The minimum Gasteiger partial charge on any atom is -0.423 e. The Morgan fingerprint density at radius 2 is 2.00 bits per heavy atom. The van der Waals surface area contributed by atoms with Crippen molar-refractivity contribution in [3.63, 3.8) is 0 Å². The number of benzene rings is 2. The minimum absolute atomic E-state index is 0.0694. The zero-order valence-electron chi connectivity index (χ0n) is 12.2. The summed E-state index contributed by atoms with van der Waals surface area (Å²) in [6.45, 7) is 0. The van der Waals surface area contributed by atoms with Gasteiger partial charge in [0.1, 0.15) is 11.6 Å². The van der Waals surface area contributed by atoms with E-state index in [0.29, 0.717) is 10.5 Å². The number of carbonyl (C=O) groups is 2. The summed E-state index contributed by atoms with van der Waals surface area (Å²) < 4.78 is 18.4. The Morgan fingerprint density at radius 3 is 2.71 bits per heavy atom. The number of ether oxygens (including phenoxy) is 1. The fraction of sp³-hybridized carbons (Fsp3) is 0. The summed E-state index contributed by atoms with van der Waals surface area (Å²) in [7, 11) is 0. The number of rotatable bonds is 3. The number of thioether (sulfide) groups is 1. The molecule has 2 aromatic carbocycles. The molecule has 1 aliphatic rings. The summed E-state index contributed by atoms with van der Waals surface area (Å²) >= 11 is 1.02. The van der Waals surface area contributed by atoms with E-state index in [1.807, 2.05) is 0 Å². The van der Waals surface area contributed by atoms with Crippen LogP contribution in [0.1, 0.15) is 15.9 Å². The Hall–Kier alpha value is -2.93. The molecule has 1 saturated heterocycles. The lowest BCUT2D eigenvalue weighted by Gasteiger charge is -2.05. The van der Waals surface area contributed by atoms with Crippen molar-refractivity contribution < 1.29 is 18.7 Å². The van der Waals surface area contributed by atoms with Gasteiger partial charge in [-0.1, -0.05) is 18.2 Å². The van der Waals surface area contributed by atoms with Gasteiger partial charge in [-0.15, -0.1) is 0 Å². The molecule has 0 spiro atoms. The summed E-state index contributed by atoms with van der Waals surface area (Å²) in [5, 5.41) is 9.86. The number of halogens is 1. The lowest BCUT2D eigenvalue weighted by atomic mass is 10.2. The minimum atomic E-state index is -0.672. The first-order chi connectivity index (χ1) is 11.5. The van der Waals surface area contributed by atoms with Gasteiger partial charge in [0.05, 0.1) is 10.5 Å². The fourth-order valence-electron chi connectivity index (χ4n) is 2.04. The van der Waals surface area contributed by atoms with Crippen molar-refractivity contribution in [2.45, 2.75) is 0 Å². The molecular formula is C17H11FN2O3S. The first-order valence-electron chi connectivity index (χ1n) is 6.88. The van der Waals surface area contributed by atoms with Crippen LogP contribution in [-0.2, 0) is 4.79 Å². The van der Waals surface area contributed by atoms with E-state index in [9.17, 15) is 14.0 Å². The number of amides is 1. The van der Waals surface area contributed by atoms with Crippen molar-refractivity contribution in [3.8, 4) is 5.75 Å². The quantitative estimate of drug-likeness (QED) is 0.510. The van der Waals surface area contributed by atoms with E-state index >= 15 is 0 Å². The standard InChI is InChI=1S/C17H11FN2O3S/c18-12-5-2-4-11(9-12)16(22)23-13-6-1-3-10(7-13)8-14-15(21)20-17(19)24-14/h1-9H,(H2,19,20,21)/b14-8-. The molecule has 0 atom stereocenters. The van der Waals surface area contributed by atoms with Gasteiger partial charge in [0, 0.05) is 0 Å². The van der Waals surface area contributed by atoms with Crippen LogP contribution in [-0.4, -0.2) is 17.0 Å². The van der Waals surface area contributed by atoms with Gasteiger partial charge in [-0.25, -0.2) is 9.18 Å². The van der Waals surface area contributed by atoms with Crippen LogP contribution in [0.2, 0.25) is 0 Å². The van der Waals surface area contributed by atoms with E-state index in [1.165, 1.54) is 18.2 Å².